The lowest BCUT2D eigenvalue weighted by molar-refractivity contribution is 0.0693. The van der Waals surface area contributed by atoms with Crippen LogP contribution in [-0.2, 0) is 6.54 Å². The highest BCUT2D eigenvalue weighted by molar-refractivity contribution is 5.93. The molecule has 1 aromatic rings. The summed E-state index contributed by atoms with van der Waals surface area (Å²) in [6.45, 7) is 2.75. The summed E-state index contributed by atoms with van der Waals surface area (Å²) >= 11 is 0. The third kappa shape index (κ3) is 2.50. The first kappa shape index (κ1) is 11.7. The molecular formula is C12H16N2O3. The smallest absolute Gasteiger partial charge is 0.339 e. The number of carboxylic acids is 1. The minimum atomic E-state index is -1.16. The second kappa shape index (κ2) is 4.63. The summed E-state index contributed by atoms with van der Waals surface area (Å²) in [5.41, 5.74) is 6.43. The number of hydrogen-bond donors (Lipinski definition) is 3. The molecule has 0 atom stereocenters. The number of aromatic hydroxyl groups is 1. The molecule has 2 rings (SSSR count). The molecule has 0 saturated carbocycles. The van der Waals surface area contributed by atoms with Gasteiger partial charge in [-0.15, -0.1) is 0 Å². The lowest BCUT2D eigenvalue weighted by atomic mass is 10.1. The van der Waals surface area contributed by atoms with Crippen LogP contribution in [0, 0.1) is 0 Å². The molecule has 5 heteroatoms. The van der Waals surface area contributed by atoms with E-state index in [0.717, 1.165) is 18.7 Å². The van der Waals surface area contributed by atoms with E-state index >= 15 is 0 Å². The fourth-order valence-electron chi connectivity index (χ4n) is 2.17. The highest BCUT2D eigenvalue weighted by Crippen LogP contribution is 2.27. The maximum Gasteiger partial charge on any atom is 0.339 e. The normalized spacial score (nSPS) is 16.2. The first-order valence-electron chi connectivity index (χ1n) is 5.65. The number of carbonyl (C=O) groups is 1. The molecule has 0 spiro atoms. The predicted molar refractivity (Wildman–Crippen MR) is 64.0 cm³/mol. The molecule has 1 heterocycles. The summed E-state index contributed by atoms with van der Waals surface area (Å²) in [4.78, 5) is 13.2. The zero-order chi connectivity index (χ0) is 12.4. The Morgan fingerprint density at radius 2 is 2.00 bits per heavy atom. The molecule has 0 aromatic heterocycles. The molecule has 0 bridgehead atoms. The minimum Gasteiger partial charge on any atom is -0.505 e. The molecule has 0 radical (unpaired) electrons. The van der Waals surface area contributed by atoms with Gasteiger partial charge >= 0.3 is 5.97 Å². The Bertz CT molecular complexity index is 440. The summed E-state index contributed by atoms with van der Waals surface area (Å²) < 4.78 is 0. The van der Waals surface area contributed by atoms with E-state index < -0.39 is 5.97 Å². The Kier molecular flexibility index (Phi) is 3.19. The van der Waals surface area contributed by atoms with Crippen LogP contribution in [0.15, 0.2) is 12.1 Å². The first-order valence-corrected chi connectivity index (χ1v) is 5.65. The minimum absolute atomic E-state index is 0.124. The first-order chi connectivity index (χ1) is 8.08. The number of carboxylic acid groups (broad SMARTS) is 1. The summed E-state index contributed by atoms with van der Waals surface area (Å²) in [5, 5.41) is 18.5. The monoisotopic (exact) mass is 236 g/mol. The van der Waals surface area contributed by atoms with Crippen molar-refractivity contribution in [3.63, 3.8) is 0 Å². The van der Waals surface area contributed by atoms with Gasteiger partial charge in [-0.05, 0) is 43.6 Å². The maximum absolute atomic E-state index is 10.9. The van der Waals surface area contributed by atoms with Crippen LogP contribution in [0.3, 0.4) is 0 Å². The zero-order valence-electron chi connectivity index (χ0n) is 9.52. The number of rotatable bonds is 3. The van der Waals surface area contributed by atoms with Crippen molar-refractivity contribution >= 4 is 11.7 Å². The standard InChI is InChI=1S/C12H16N2O3/c13-10-6-8(7-14-3-1-2-4-14)5-9(11(10)15)12(16)17/h5-6,15H,1-4,7,13H2,(H,16,17). The second-order valence-electron chi connectivity index (χ2n) is 4.37. The van der Waals surface area contributed by atoms with Crippen LogP contribution in [0.25, 0.3) is 0 Å². The van der Waals surface area contributed by atoms with Gasteiger partial charge in [0.25, 0.3) is 0 Å². The van der Waals surface area contributed by atoms with Crippen molar-refractivity contribution in [3.8, 4) is 5.75 Å². The number of anilines is 1. The average molecular weight is 236 g/mol. The second-order valence-corrected chi connectivity index (χ2v) is 4.37. The zero-order valence-corrected chi connectivity index (χ0v) is 9.52. The number of hydrogen-bond acceptors (Lipinski definition) is 4. The number of benzene rings is 1. The predicted octanol–water partition coefficient (Wildman–Crippen LogP) is 1.27. The van der Waals surface area contributed by atoms with Crippen LogP contribution in [0.1, 0.15) is 28.8 Å². The quantitative estimate of drug-likeness (QED) is 0.543. The fourth-order valence-corrected chi connectivity index (χ4v) is 2.17. The van der Waals surface area contributed by atoms with Gasteiger partial charge < -0.3 is 15.9 Å². The van der Waals surface area contributed by atoms with Gasteiger partial charge in [-0.1, -0.05) is 0 Å². The number of phenols is 1. The van der Waals surface area contributed by atoms with Gasteiger partial charge in [-0.2, -0.15) is 0 Å². The molecule has 0 amide bonds. The number of aromatic carboxylic acids is 1. The summed E-state index contributed by atoms with van der Waals surface area (Å²) in [6.07, 6.45) is 2.36. The SMILES string of the molecule is Nc1cc(CN2CCCC2)cc(C(=O)O)c1O. The van der Waals surface area contributed by atoms with Crippen molar-refractivity contribution in [1.82, 2.24) is 4.90 Å². The van der Waals surface area contributed by atoms with Crippen molar-refractivity contribution < 1.29 is 15.0 Å². The number of nitrogens with two attached hydrogens (primary N) is 1. The summed E-state index contributed by atoms with van der Waals surface area (Å²) in [7, 11) is 0. The van der Waals surface area contributed by atoms with E-state index in [1.807, 2.05) is 0 Å². The van der Waals surface area contributed by atoms with Crippen LogP contribution in [0.5, 0.6) is 5.75 Å². The lowest BCUT2D eigenvalue weighted by Gasteiger charge is -2.15. The molecule has 1 aromatic carbocycles. The Hall–Kier alpha value is -1.75. The van der Waals surface area contributed by atoms with E-state index in [9.17, 15) is 9.90 Å². The fraction of sp³-hybridized carbons (Fsp3) is 0.417. The molecular weight excluding hydrogens is 220 g/mol. The number of nitrogen functional groups attached to an aromatic ring is 1. The van der Waals surface area contributed by atoms with Gasteiger partial charge in [-0.25, -0.2) is 4.79 Å². The van der Waals surface area contributed by atoms with Gasteiger partial charge in [0, 0.05) is 6.54 Å². The van der Waals surface area contributed by atoms with Gasteiger partial charge in [-0.3, -0.25) is 4.90 Å². The van der Waals surface area contributed by atoms with Crippen molar-refractivity contribution in [2.75, 3.05) is 18.8 Å². The van der Waals surface area contributed by atoms with E-state index in [0.29, 0.717) is 6.54 Å². The van der Waals surface area contributed by atoms with Crippen molar-refractivity contribution in [1.29, 1.82) is 0 Å². The molecule has 5 nitrogen and oxygen atoms in total. The Morgan fingerprint density at radius 1 is 1.35 bits per heavy atom. The molecule has 17 heavy (non-hydrogen) atoms. The van der Waals surface area contributed by atoms with Crippen molar-refractivity contribution in [2.24, 2.45) is 0 Å². The summed E-state index contributed by atoms with van der Waals surface area (Å²) in [6, 6.07) is 3.13. The average Bonchev–Trinajstić information content (AvgIpc) is 2.75. The molecule has 92 valence electrons. The number of nitrogens with zero attached hydrogens (tertiary/aromatic N) is 1. The van der Waals surface area contributed by atoms with Crippen molar-refractivity contribution in [3.05, 3.63) is 23.3 Å². The van der Waals surface area contributed by atoms with Gasteiger partial charge in [0.05, 0.1) is 5.69 Å². The Labute approximate surface area is 99.5 Å². The molecule has 1 saturated heterocycles. The van der Waals surface area contributed by atoms with Gasteiger partial charge in [0.2, 0.25) is 0 Å². The van der Waals surface area contributed by atoms with Crippen molar-refractivity contribution in [2.45, 2.75) is 19.4 Å². The van der Waals surface area contributed by atoms with E-state index in [1.165, 1.54) is 18.9 Å². The van der Waals surface area contributed by atoms with Crippen LogP contribution < -0.4 is 5.73 Å². The van der Waals surface area contributed by atoms with E-state index in [-0.39, 0.29) is 17.0 Å². The Balaban J connectivity index is 2.25. The maximum atomic E-state index is 10.9. The largest absolute Gasteiger partial charge is 0.505 e. The molecule has 1 fully saturated rings. The molecule has 0 aliphatic carbocycles. The highest BCUT2D eigenvalue weighted by Gasteiger charge is 2.17. The molecule has 1 aliphatic heterocycles. The van der Waals surface area contributed by atoms with E-state index in [4.69, 9.17) is 10.8 Å². The molecule has 1 aliphatic rings. The van der Waals surface area contributed by atoms with Crippen LogP contribution in [-0.4, -0.2) is 34.2 Å². The topological polar surface area (TPSA) is 86.8 Å². The van der Waals surface area contributed by atoms with Crippen LogP contribution in [0.2, 0.25) is 0 Å². The third-order valence-corrected chi connectivity index (χ3v) is 3.03. The van der Waals surface area contributed by atoms with Gasteiger partial charge in [0.1, 0.15) is 5.56 Å². The number of likely N-dealkylation sites (tertiary alicyclic amines) is 1. The van der Waals surface area contributed by atoms with Gasteiger partial charge in [0.15, 0.2) is 5.75 Å². The lowest BCUT2D eigenvalue weighted by Crippen LogP contribution is -2.18. The van der Waals surface area contributed by atoms with E-state index in [1.54, 1.807) is 6.07 Å². The Morgan fingerprint density at radius 3 is 2.59 bits per heavy atom. The van der Waals surface area contributed by atoms with Crippen LogP contribution in [0.4, 0.5) is 5.69 Å². The molecule has 0 unspecified atom stereocenters. The van der Waals surface area contributed by atoms with Crippen LogP contribution >= 0.6 is 0 Å². The molecule has 4 N–H and O–H groups in total. The van der Waals surface area contributed by atoms with E-state index in [2.05, 4.69) is 4.90 Å². The highest BCUT2D eigenvalue weighted by atomic mass is 16.4. The third-order valence-electron chi connectivity index (χ3n) is 3.03. The summed E-state index contributed by atoms with van der Waals surface area (Å²) in [5.74, 6) is -1.50.